The van der Waals surface area contributed by atoms with E-state index >= 15 is 0 Å². The summed E-state index contributed by atoms with van der Waals surface area (Å²) in [6.45, 7) is 4.45. The van der Waals surface area contributed by atoms with Crippen LogP contribution in [0.1, 0.15) is 65.2 Å². The zero-order valence-electron chi connectivity index (χ0n) is 12.2. The van der Waals surface area contributed by atoms with E-state index in [1.165, 1.54) is 19.3 Å². The van der Waals surface area contributed by atoms with Gasteiger partial charge in [0, 0.05) is 18.9 Å². The van der Waals surface area contributed by atoms with E-state index in [-0.39, 0.29) is 12.3 Å². The van der Waals surface area contributed by atoms with E-state index in [1.807, 2.05) is 0 Å². The Kier molecular flexibility index (Phi) is 6.89. The first-order valence-electron chi connectivity index (χ1n) is 7.52. The molecule has 2 atom stereocenters. The van der Waals surface area contributed by atoms with Gasteiger partial charge in [-0.2, -0.15) is 0 Å². The number of carboxylic acid groups (broad SMARTS) is 1. The molecule has 0 heterocycles. The highest BCUT2D eigenvalue weighted by Gasteiger charge is 2.28. The molecule has 0 aromatic rings. The van der Waals surface area contributed by atoms with E-state index in [1.54, 1.807) is 0 Å². The molecule has 0 radical (unpaired) electrons. The first kappa shape index (κ1) is 16.0. The van der Waals surface area contributed by atoms with Gasteiger partial charge in [-0.15, -0.1) is 0 Å². The van der Waals surface area contributed by atoms with Gasteiger partial charge in [0.25, 0.3) is 0 Å². The van der Waals surface area contributed by atoms with Gasteiger partial charge in [0.05, 0.1) is 0 Å². The molecule has 4 heteroatoms. The van der Waals surface area contributed by atoms with Crippen molar-refractivity contribution >= 4 is 11.9 Å². The molecule has 19 heavy (non-hydrogen) atoms. The lowest BCUT2D eigenvalue weighted by Crippen LogP contribution is -2.43. The molecular weight excluding hydrogens is 242 g/mol. The van der Waals surface area contributed by atoms with E-state index in [4.69, 9.17) is 5.11 Å². The van der Waals surface area contributed by atoms with Gasteiger partial charge in [0.1, 0.15) is 0 Å². The number of aliphatic carboxylic acids is 1. The van der Waals surface area contributed by atoms with Crippen molar-refractivity contribution < 1.29 is 14.7 Å². The van der Waals surface area contributed by atoms with Crippen LogP contribution in [0.5, 0.6) is 0 Å². The molecule has 1 fully saturated rings. The second-order valence-corrected chi connectivity index (χ2v) is 5.97. The van der Waals surface area contributed by atoms with Gasteiger partial charge in [0.2, 0.25) is 5.91 Å². The maximum atomic E-state index is 11.9. The monoisotopic (exact) mass is 269 g/mol. The van der Waals surface area contributed by atoms with Crippen molar-refractivity contribution in [1.82, 2.24) is 5.32 Å². The van der Waals surface area contributed by atoms with Crippen molar-refractivity contribution in [2.75, 3.05) is 0 Å². The first-order chi connectivity index (χ1) is 9.00. The van der Waals surface area contributed by atoms with Crippen molar-refractivity contribution in [3.8, 4) is 0 Å². The van der Waals surface area contributed by atoms with Gasteiger partial charge >= 0.3 is 5.97 Å². The third-order valence-corrected chi connectivity index (χ3v) is 4.07. The molecule has 2 unspecified atom stereocenters. The average Bonchev–Trinajstić information content (AvgIpc) is 2.35. The Bertz CT molecular complexity index is 302. The number of amides is 1. The Morgan fingerprint density at radius 1 is 1.16 bits per heavy atom. The minimum Gasteiger partial charge on any atom is -0.481 e. The summed E-state index contributed by atoms with van der Waals surface area (Å²) in [6.07, 6.45) is 6.63. The fourth-order valence-corrected chi connectivity index (χ4v) is 2.98. The number of carbonyl (C=O) groups excluding carboxylic acids is 1. The zero-order chi connectivity index (χ0) is 14.3. The van der Waals surface area contributed by atoms with Crippen LogP contribution in [-0.4, -0.2) is 23.0 Å². The SMILES string of the molecule is CC(C)C1CCCCC1NC(=O)CCCCC(=O)O. The first-order valence-corrected chi connectivity index (χ1v) is 7.52. The third-order valence-electron chi connectivity index (χ3n) is 4.07. The lowest BCUT2D eigenvalue weighted by molar-refractivity contribution is -0.137. The van der Waals surface area contributed by atoms with Crippen LogP contribution in [0.25, 0.3) is 0 Å². The number of carboxylic acids is 1. The molecule has 4 nitrogen and oxygen atoms in total. The summed E-state index contributed by atoms with van der Waals surface area (Å²) < 4.78 is 0. The van der Waals surface area contributed by atoms with E-state index < -0.39 is 5.97 Å². The fraction of sp³-hybridized carbons (Fsp3) is 0.867. The average molecular weight is 269 g/mol. The van der Waals surface area contributed by atoms with Crippen LogP contribution < -0.4 is 5.32 Å². The number of hydrogen-bond acceptors (Lipinski definition) is 2. The zero-order valence-corrected chi connectivity index (χ0v) is 12.2. The summed E-state index contributed by atoms with van der Waals surface area (Å²) in [5.74, 6) is 0.504. The molecule has 1 aliphatic carbocycles. The summed E-state index contributed by atoms with van der Waals surface area (Å²) in [6, 6.07) is 0.320. The fourth-order valence-electron chi connectivity index (χ4n) is 2.98. The molecule has 1 rings (SSSR count). The van der Waals surface area contributed by atoms with Crippen LogP contribution in [0.3, 0.4) is 0 Å². The van der Waals surface area contributed by atoms with Crippen LogP contribution >= 0.6 is 0 Å². The molecule has 1 amide bonds. The minimum absolute atomic E-state index is 0.0861. The largest absolute Gasteiger partial charge is 0.481 e. The molecule has 0 aromatic heterocycles. The molecule has 0 spiro atoms. The Morgan fingerprint density at radius 2 is 1.79 bits per heavy atom. The van der Waals surface area contributed by atoms with Crippen molar-refractivity contribution in [3.63, 3.8) is 0 Å². The molecule has 1 aliphatic rings. The predicted molar refractivity (Wildman–Crippen MR) is 74.8 cm³/mol. The molecule has 0 aromatic carbocycles. The van der Waals surface area contributed by atoms with Crippen LogP contribution in [0.2, 0.25) is 0 Å². The molecule has 0 bridgehead atoms. The van der Waals surface area contributed by atoms with Crippen molar-refractivity contribution in [1.29, 1.82) is 0 Å². The van der Waals surface area contributed by atoms with Crippen molar-refractivity contribution in [2.45, 2.75) is 71.3 Å². The maximum absolute atomic E-state index is 11.9. The van der Waals surface area contributed by atoms with Crippen molar-refractivity contribution in [2.24, 2.45) is 11.8 Å². The maximum Gasteiger partial charge on any atom is 0.303 e. The van der Waals surface area contributed by atoms with Gasteiger partial charge < -0.3 is 10.4 Å². The highest BCUT2D eigenvalue weighted by Crippen LogP contribution is 2.30. The molecular formula is C15H27NO3. The van der Waals surface area contributed by atoms with Gasteiger partial charge in [-0.3, -0.25) is 9.59 Å². The highest BCUT2D eigenvalue weighted by molar-refractivity contribution is 5.76. The topological polar surface area (TPSA) is 66.4 Å². The van der Waals surface area contributed by atoms with Crippen molar-refractivity contribution in [3.05, 3.63) is 0 Å². The van der Waals surface area contributed by atoms with Gasteiger partial charge in [-0.1, -0.05) is 26.7 Å². The molecule has 0 saturated heterocycles. The smallest absolute Gasteiger partial charge is 0.303 e. The molecule has 110 valence electrons. The molecule has 0 aliphatic heterocycles. The van der Waals surface area contributed by atoms with Gasteiger partial charge in [-0.05, 0) is 37.5 Å². The summed E-state index contributed by atoms with van der Waals surface area (Å²) >= 11 is 0. The second kappa shape index (κ2) is 8.18. The van der Waals surface area contributed by atoms with Gasteiger partial charge in [-0.25, -0.2) is 0 Å². The number of unbranched alkanes of at least 4 members (excludes halogenated alkanes) is 1. The normalized spacial score (nSPS) is 23.3. The Balaban J connectivity index is 2.27. The number of carbonyl (C=O) groups is 2. The van der Waals surface area contributed by atoms with E-state index in [2.05, 4.69) is 19.2 Å². The van der Waals surface area contributed by atoms with E-state index in [9.17, 15) is 9.59 Å². The number of rotatable bonds is 7. The lowest BCUT2D eigenvalue weighted by atomic mass is 9.78. The van der Waals surface area contributed by atoms with Crippen LogP contribution in [0.4, 0.5) is 0 Å². The van der Waals surface area contributed by atoms with E-state index in [0.29, 0.717) is 37.1 Å². The summed E-state index contributed by atoms with van der Waals surface area (Å²) in [5, 5.41) is 11.7. The Hall–Kier alpha value is -1.06. The Labute approximate surface area is 116 Å². The standard InChI is InChI=1S/C15H27NO3/c1-11(2)12-7-3-4-8-13(12)16-14(17)9-5-6-10-15(18)19/h11-13H,3-10H2,1-2H3,(H,16,17)(H,18,19). The Morgan fingerprint density at radius 3 is 2.42 bits per heavy atom. The number of nitrogens with one attached hydrogen (secondary N) is 1. The summed E-state index contributed by atoms with van der Waals surface area (Å²) in [5.41, 5.74) is 0. The molecule has 2 N–H and O–H groups in total. The minimum atomic E-state index is -0.785. The quantitative estimate of drug-likeness (QED) is 0.698. The second-order valence-electron chi connectivity index (χ2n) is 5.97. The predicted octanol–water partition coefficient (Wildman–Crippen LogP) is 2.96. The van der Waals surface area contributed by atoms with Crippen LogP contribution in [-0.2, 0) is 9.59 Å². The van der Waals surface area contributed by atoms with Crippen LogP contribution in [0, 0.1) is 11.8 Å². The van der Waals surface area contributed by atoms with Gasteiger partial charge in [0.15, 0.2) is 0 Å². The summed E-state index contributed by atoms with van der Waals surface area (Å²) in [7, 11) is 0. The van der Waals surface area contributed by atoms with E-state index in [0.717, 1.165) is 6.42 Å². The summed E-state index contributed by atoms with van der Waals surface area (Å²) in [4.78, 5) is 22.2. The number of hydrogen-bond donors (Lipinski definition) is 2. The highest BCUT2D eigenvalue weighted by atomic mass is 16.4. The molecule has 1 saturated carbocycles. The lowest BCUT2D eigenvalue weighted by Gasteiger charge is -2.34. The third kappa shape index (κ3) is 6.08. The van der Waals surface area contributed by atoms with Crippen LogP contribution in [0.15, 0.2) is 0 Å².